The minimum Gasteiger partial charge on any atom is -0.327 e. The summed E-state index contributed by atoms with van der Waals surface area (Å²) in [6, 6.07) is 8.93. The first kappa shape index (κ1) is 11.7. The number of benzene rings is 1. The van der Waals surface area contributed by atoms with E-state index in [1.807, 2.05) is 0 Å². The Balaban J connectivity index is 2.07. The Hall–Kier alpha value is -0.820. The molecule has 0 spiro atoms. The number of rotatable bonds is 3. The van der Waals surface area contributed by atoms with Crippen LogP contribution in [0.25, 0.3) is 0 Å². The highest BCUT2D eigenvalue weighted by Crippen LogP contribution is 2.40. The van der Waals surface area contributed by atoms with E-state index in [0.29, 0.717) is 11.5 Å². The van der Waals surface area contributed by atoms with E-state index in [-0.39, 0.29) is 0 Å². The molecule has 0 heterocycles. The lowest BCUT2D eigenvalue weighted by Crippen LogP contribution is -2.39. The maximum Gasteiger partial charge on any atom is 0.0134 e. The van der Waals surface area contributed by atoms with E-state index < -0.39 is 0 Å². The molecule has 1 atom stereocenters. The molecule has 88 valence electrons. The van der Waals surface area contributed by atoms with Crippen molar-refractivity contribution in [2.45, 2.75) is 52.0 Å². The molecule has 0 aliphatic heterocycles. The van der Waals surface area contributed by atoms with Crippen LogP contribution in [0, 0.1) is 12.3 Å². The second-order valence-corrected chi connectivity index (χ2v) is 5.60. The molecule has 1 fully saturated rings. The van der Waals surface area contributed by atoms with E-state index in [1.54, 1.807) is 0 Å². The molecule has 0 saturated heterocycles. The van der Waals surface area contributed by atoms with Crippen molar-refractivity contribution in [3.8, 4) is 0 Å². The number of aryl methyl sites for hydroxylation is 1. The second kappa shape index (κ2) is 4.58. The third-order valence-electron chi connectivity index (χ3n) is 4.34. The topological polar surface area (TPSA) is 26.0 Å². The van der Waals surface area contributed by atoms with Gasteiger partial charge in [-0.25, -0.2) is 0 Å². The molecule has 1 saturated carbocycles. The van der Waals surface area contributed by atoms with E-state index in [2.05, 4.69) is 38.1 Å². The average Bonchev–Trinajstić information content (AvgIpc) is 2.70. The number of hydrogen-bond acceptors (Lipinski definition) is 1. The van der Waals surface area contributed by atoms with Gasteiger partial charge in [-0.2, -0.15) is 0 Å². The number of hydrogen-bond donors (Lipinski definition) is 1. The molecule has 1 unspecified atom stereocenters. The zero-order valence-electron chi connectivity index (χ0n) is 10.5. The first-order valence-corrected chi connectivity index (χ1v) is 6.42. The molecule has 0 bridgehead atoms. The van der Waals surface area contributed by atoms with E-state index in [4.69, 9.17) is 5.73 Å². The predicted molar refractivity (Wildman–Crippen MR) is 69.4 cm³/mol. The lowest BCUT2D eigenvalue weighted by Gasteiger charge is -2.31. The third kappa shape index (κ3) is 2.30. The molecule has 1 aromatic carbocycles. The summed E-state index contributed by atoms with van der Waals surface area (Å²) >= 11 is 0. The van der Waals surface area contributed by atoms with E-state index in [1.165, 1.54) is 36.8 Å². The minimum absolute atomic E-state index is 0.316. The maximum atomic E-state index is 6.41. The molecule has 16 heavy (non-hydrogen) atoms. The van der Waals surface area contributed by atoms with E-state index in [9.17, 15) is 0 Å². The SMILES string of the molecule is Cc1ccccc1CC(N)C1(C)CCCC1. The third-order valence-corrected chi connectivity index (χ3v) is 4.34. The van der Waals surface area contributed by atoms with Gasteiger partial charge in [0.1, 0.15) is 0 Å². The van der Waals surface area contributed by atoms with Gasteiger partial charge in [-0.15, -0.1) is 0 Å². The van der Waals surface area contributed by atoms with Gasteiger partial charge in [0.05, 0.1) is 0 Å². The summed E-state index contributed by atoms with van der Waals surface area (Å²) in [7, 11) is 0. The summed E-state index contributed by atoms with van der Waals surface area (Å²) in [5.41, 5.74) is 9.59. The molecular formula is C15H23N. The second-order valence-electron chi connectivity index (χ2n) is 5.60. The van der Waals surface area contributed by atoms with Gasteiger partial charge in [-0.3, -0.25) is 0 Å². The summed E-state index contributed by atoms with van der Waals surface area (Å²) in [4.78, 5) is 0. The molecule has 1 aliphatic carbocycles. The Morgan fingerprint density at radius 3 is 2.50 bits per heavy atom. The van der Waals surface area contributed by atoms with Crippen LogP contribution in [0.3, 0.4) is 0 Å². The van der Waals surface area contributed by atoms with Crippen LogP contribution in [0.15, 0.2) is 24.3 Å². The molecule has 2 rings (SSSR count). The Morgan fingerprint density at radius 2 is 1.88 bits per heavy atom. The van der Waals surface area contributed by atoms with Crippen LogP contribution in [0.1, 0.15) is 43.7 Å². The van der Waals surface area contributed by atoms with Crippen molar-refractivity contribution in [3.63, 3.8) is 0 Å². The molecule has 1 heteroatoms. The molecule has 1 nitrogen and oxygen atoms in total. The normalized spacial score (nSPS) is 20.9. The van der Waals surface area contributed by atoms with Gasteiger partial charge in [0.15, 0.2) is 0 Å². The van der Waals surface area contributed by atoms with Crippen LogP contribution >= 0.6 is 0 Å². The molecule has 2 N–H and O–H groups in total. The first-order chi connectivity index (χ1) is 7.62. The Kier molecular flexibility index (Phi) is 3.34. The van der Waals surface area contributed by atoms with Gasteiger partial charge >= 0.3 is 0 Å². The highest BCUT2D eigenvalue weighted by atomic mass is 14.7. The van der Waals surface area contributed by atoms with Crippen molar-refractivity contribution in [1.29, 1.82) is 0 Å². The van der Waals surface area contributed by atoms with Gasteiger partial charge in [-0.1, -0.05) is 44.0 Å². The fraction of sp³-hybridized carbons (Fsp3) is 0.600. The summed E-state index contributed by atoms with van der Waals surface area (Å²) < 4.78 is 0. The minimum atomic E-state index is 0.316. The monoisotopic (exact) mass is 217 g/mol. The fourth-order valence-electron chi connectivity index (χ4n) is 2.88. The molecule has 1 aliphatic rings. The van der Waals surface area contributed by atoms with Crippen LogP contribution in [-0.4, -0.2) is 6.04 Å². The lowest BCUT2D eigenvalue weighted by molar-refractivity contribution is 0.260. The lowest BCUT2D eigenvalue weighted by atomic mass is 9.78. The summed E-state index contributed by atoms with van der Waals surface area (Å²) in [5.74, 6) is 0. The zero-order valence-corrected chi connectivity index (χ0v) is 10.5. The Labute approximate surface area is 99.0 Å². The van der Waals surface area contributed by atoms with Gasteiger partial charge in [0.25, 0.3) is 0 Å². The van der Waals surface area contributed by atoms with Gasteiger partial charge in [0.2, 0.25) is 0 Å². The summed E-state index contributed by atoms with van der Waals surface area (Å²) in [5, 5.41) is 0. The van der Waals surface area contributed by atoms with Crippen LogP contribution in [-0.2, 0) is 6.42 Å². The van der Waals surface area contributed by atoms with Crippen LogP contribution in [0.5, 0.6) is 0 Å². The first-order valence-electron chi connectivity index (χ1n) is 6.42. The van der Waals surface area contributed by atoms with Gasteiger partial charge in [-0.05, 0) is 42.7 Å². The van der Waals surface area contributed by atoms with E-state index in [0.717, 1.165) is 6.42 Å². The van der Waals surface area contributed by atoms with E-state index >= 15 is 0 Å². The van der Waals surface area contributed by atoms with Gasteiger partial charge in [0, 0.05) is 6.04 Å². The molecule has 0 radical (unpaired) electrons. The van der Waals surface area contributed by atoms with Crippen molar-refractivity contribution in [1.82, 2.24) is 0 Å². The van der Waals surface area contributed by atoms with Crippen LogP contribution in [0.4, 0.5) is 0 Å². The predicted octanol–water partition coefficient (Wildman–Crippen LogP) is 3.45. The number of nitrogens with two attached hydrogens (primary N) is 1. The Morgan fingerprint density at radius 1 is 1.25 bits per heavy atom. The highest BCUT2D eigenvalue weighted by Gasteiger charge is 2.34. The van der Waals surface area contributed by atoms with Crippen LogP contribution in [0.2, 0.25) is 0 Å². The Bertz CT molecular complexity index is 350. The van der Waals surface area contributed by atoms with Crippen molar-refractivity contribution in [2.75, 3.05) is 0 Å². The summed E-state index contributed by atoms with van der Waals surface area (Å²) in [6.07, 6.45) is 6.36. The average molecular weight is 217 g/mol. The molecule has 0 aromatic heterocycles. The smallest absolute Gasteiger partial charge is 0.0134 e. The quantitative estimate of drug-likeness (QED) is 0.824. The van der Waals surface area contributed by atoms with Crippen molar-refractivity contribution in [2.24, 2.45) is 11.1 Å². The standard InChI is InChI=1S/C15H23N/c1-12-7-3-4-8-13(12)11-14(16)15(2)9-5-6-10-15/h3-4,7-8,14H,5-6,9-11,16H2,1-2H3. The maximum absolute atomic E-state index is 6.41. The fourth-order valence-corrected chi connectivity index (χ4v) is 2.88. The summed E-state index contributed by atoms with van der Waals surface area (Å²) in [6.45, 7) is 4.54. The van der Waals surface area contributed by atoms with Crippen molar-refractivity contribution < 1.29 is 0 Å². The highest BCUT2D eigenvalue weighted by molar-refractivity contribution is 5.26. The van der Waals surface area contributed by atoms with Crippen molar-refractivity contribution in [3.05, 3.63) is 35.4 Å². The molecule has 1 aromatic rings. The molecular weight excluding hydrogens is 194 g/mol. The largest absolute Gasteiger partial charge is 0.327 e. The van der Waals surface area contributed by atoms with Crippen molar-refractivity contribution >= 4 is 0 Å². The van der Waals surface area contributed by atoms with Crippen LogP contribution < -0.4 is 5.73 Å². The zero-order chi connectivity index (χ0) is 11.6. The van der Waals surface area contributed by atoms with Gasteiger partial charge < -0.3 is 5.73 Å². The molecule has 0 amide bonds.